The number of aromatic nitrogens is 2. The van der Waals surface area contributed by atoms with Crippen LogP contribution in [0.1, 0.15) is 30.6 Å². The molecule has 0 aliphatic carbocycles. The predicted molar refractivity (Wildman–Crippen MR) is 69.8 cm³/mol. The van der Waals surface area contributed by atoms with Gasteiger partial charge in [-0.15, -0.1) is 0 Å². The summed E-state index contributed by atoms with van der Waals surface area (Å²) in [5.74, 6) is -0.554. The molecule has 0 radical (unpaired) electrons. The van der Waals surface area contributed by atoms with Crippen molar-refractivity contribution in [3.8, 4) is 0 Å². The van der Waals surface area contributed by atoms with Crippen LogP contribution in [0.2, 0.25) is 0 Å². The molecule has 1 aromatic heterocycles. The first kappa shape index (κ1) is 13.4. The molecule has 100 valence electrons. The molecule has 0 amide bonds. The summed E-state index contributed by atoms with van der Waals surface area (Å²) in [6.45, 7) is 3.75. The van der Waals surface area contributed by atoms with E-state index in [2.05, 4.69) is 15.3 Å². The van der Waals surface area contributed by atoms with Crippen LogP contribution in [0.15, 0.2) is 30.6 Å². The summed E-state index contributed by atoms with van der Waals surface area (Å²) in [5.41, 5.74) is 1.20. The Kier molecular flexibility index (Phi) is 4.04. The minimum absolute atomic E-state index is 0.267. The van der Waals surface area contributed by atoms with E-state index in [0.29, 0.717) is 17.8 Å². The second-order valence-corrected chi connectivity index (χ2v) is 4.32. The number of halogens is 2. The Hall–Kier alpha value is -2.04. The molecule has 3 nitrogen and oxygen atoms in total. The van der Waals surface area contributed by atoms with Gasteiger partial charge in [0.25, 0.3) is 0 Å². The van der Waals surface area contributed by atoms with Crippen molar-refractivity contribution in [2.24, 2.45) is 0 Å². The van der Waals surface area contributed by atoms with Gasteiger partial charge in [-0.3, -0.25) is 4.98 Å². The summed E-state index contributed by atoms with van der Waals surface area (Å²) in [4.78, 5) is 8.29. The number of rotatable bonds is 4. The molecule has 0 fully saturated rings. The highest BCUT2D eigenvalue weighted by Gasteiger charge is 2.15. The van der Waals surface area contributed by atoms with Crippen LogP contribution in [0.3, 0.4) is 0 Å². The Morgan fingerprint density at radius 3 is 2.68 bits per heavy atom. The average molecular weight is 263 g/mol. The summed E-state index contributed by atoms with van der Waals surface area (Å²) >= 11 is 0. The van der Waals surface area contributed by atoms with Crippen molar-refractivity contribution in [1.82, 2.24) is 9.97 Å². The van der Waals surface area contributed by atoms with Crippen LogP contribution in [0.25, 0.3) is 0 Å². The molecule has 1 N–H and O–H groups in total. The Morgan fingerprint density at radius 1 is 1.26 bits per heavy atom. The molecule has 0 saturated carbocycles. The van der Waals surface area contributed by atoms with E-state index < -0.39 is 11.6 Å². The molecule has 1 atom stereocenters. The van der Waals surface area contributed by atoms with Crippen molar-refractivity contribution >= 4 is 5.82 Å². The molecule has 0 aliphatic rings. The van der Waals surface area contributed by atoms with Gasteiger partial charge in [0, 0.05) is 17.8 Å². The number of hydrogen-bond donors (Lipinski definition) is 1. The third kappa shape index (κ3) is 3.24. The number of benzene rings is 1. The Bertz CT molecular complexity index is 572. The van der Waals surface area contributed by atoms with Crippen molar-refractivity contribution in [1.29, 1.82) is 0 Å². The van der Waals surface area contributed by atoms with E-state index in [4.69, 9.17) is 0 Å². The molecule has 0 saturated heterocycles. The maximum atomic E-state index is 13.8. The van der Waals surface area contributed by atoms with Crippen molar-refractivity contribution in [2.45, 2.75) is 26.3 Å². The number of hydrogen-bond acceptors (Lipinski definition) is 3. The maximum absolute atomic E-state index is 13.8. The summed E-state index contributed by atoms with van der Waals surface area (Å²) in [6, 6.07) is 3.33. The highest BCUT2D eigenvalue weighted by atomic mass is 19.1. The molecule has 2 aromatic rings. The predicted octanol–water partition coefficient (Wildman–Crippen LogP) is 3.63. The minimum atomic E-state index is -0.577. The van der Waals surface area contributed by atoms with Gasteiger partial charge in [-0.2, -0.15) is 0 Å². The third-order valence-corrected chi connectivity index (χ3v) is 2.82. The fraction of sp³-hybridized carbons (Fsp3) is 0.286. The summed E-state index contributed by atoms with van der Waals surface area (Å²) in [7, 11) is 0. The van der Waals surface area contributed by atoms with E-state index in [1.165, 1.54) is 12.1 Å². The molecular formula is C14H15F2N3. The SMILES string of the molecule is CCC(Nc1cncc(C)n1)c1ccc(F)cc1F. The van der Waals surface area contributed by atoms with Gasteiger partial charge in [-0.05, 0) is 19.4 Å². The molecule has 1 unspecified atom stereocenters. The van der Waals surface area contributed by atoms with E-state index in [1.807, 2.05) is 13.8 Å². The molecule has 2 rings (SSSR count). The topological polar surface area (TPSA) is 37.8 Å². The summed E-state index contributed by atoms with van der Waals surface area (Å²) in [5, 5.41) is 3.11. The molecule has 0 spiro atoms. The number of nitrogens with one attached hydrogen (secondary N) is 1. The second-order valence-electron chi connectivity index (χ2n) is 4.32. The van der Waals surface area contributed by atoms with Gasteiger partial charge in [0.05, 0.1) is 17.9 Å². The zero-order chi connectivity index (χ0) is 13.8. The number of aryl methyl sites for hydroxylation is 1. The van der Waals surface area contributed by atoms with Crippen molar-refractivity contribution in [3.05, 3.63) is 53.5 Å². The lowest BCUT2D eigenvalue weighted by Crippen LogP contribution is -2.13. The molecule has 5 heteroatoms. The van der Waals surface area contributed by atoms with E-state index in [9.17, 15) is 8.78 Å². The lowest BCUT2D eigenvalue weighted by atomic mass is 10.0. The highest BCUT2D eigenvalue weighted by Crippen LogP contribution is 2.24. The first-order valence-corrected chi connectivity index (χ1v) is 6.10. The van der Waals surface area contributed by atoms with Gasteiger partial charge in [-0.1, -0.05) is 13.0 Å². The van der Waals surface area contributed by atoms with Crippen molar-refractivity contribution < 1.29 is 8.78 Å². The zero-order valence-electron chi connectivity index (χ0n) is 10.8. The molecule has 0 bridgehead atoms. The normalized spacial score (nSPS) is 12.2. The standard InChI is InChI=1S/C14H15F2N3/c1-3-13(11-5-4-10(15)6-12(11)16)19-14-8-17-7-9(2)18-14/h4-8,13H,3H2,1-2H3,(H,18,19). The minimum Gasteiger partial charge on any atom is -0.362 e. The number of anilines is 1. The Balaban J connectivity index is 2.25. The molecule has 0 aliphatic heterocycles. The number of nitrogens with zero attached hydrogens (tertiary/aromatic N) is 2. The van der Waals surface area contributed by atoms with Crippen LogP contribution >= 0.6 is 0 Å². The first-order valence-electron chi connectivity index (χ1n) is 6.10. The fourth-order valence-corrected chi connectivity index (χ4v) is 1.90. The molecule has 19 heavy (non-hydrogen) atoms. The van der Waals surface area contributed by atoms with Gasteiger partial charge in [0.2, 0.25) is 0 Å². The van der Waals surface area contributed by atoms with E-state index >= 15 is 0 Å². The van der Waals surface area contributed by atoms with Gasteiger partial charge < -0.3 is 5.32 Å². The van der Waals surface area contributed by atoms with E-state index in [-0.39, 0.29) is 6.04 Å². The highest BCUT2D eigenvalue weighted by molar-refractivity contribution is 5.37. The largest absolute Gasteiger partial charge is 0.362 e. The molecule has 1 heterocycles. The van der Waals surface area contributed by atoms with Gasteiger partial charge in [-0.25, -0.2) is 13.8 Å². The monoisotopic (exact) mass is 263 g/mol. The van der Waals surface area contributed by atoms with Crippen LogP contribution < -0.4 is 5.32 Å². The molecule has 1 aromatic carbocycles. The molecular weight excluding hydrogens is 248 g/mol. The second kappa shape index (κ2) is 5.73. The lowest BCUT2D eigenvalue weighted by Gasteiger charge is -2.18. The average Bonchev–Trinajstić information content (AvgIpc) is 2.37. The first-order chi connectivity index (χ1) is 9.10. The van der Waals surface area contributed by atoms with Gasteiger partial charge >= 0.3 is 0 Å². The smallest absolute Gasteiger partial charge is 0.145 e. The van der Waals surface area contributed by atoms with Crippen LogP contribution in [0.5, 0.6) is 0 Å². The summed E-state index contributed by atoms with van der Waals surface area (Å²) < 4.78 is 26.7. The van der Waals surface area contributed by atoms with Crippen molar-refractivity contribution in [2.75, 3.05) is 5.32 Å². The van der Waals surface area contributed by atoms with Gasteiger partial charge in [0.15, 0.2) is 0 Å². The lowest BCUT2D eigenvalue weighted by molar-refractivity contribution is 0.558. The van der Waals surface area contributed by atoms with Crippen LogP contribution in [0.4, 0.5) is 14.6 Å². The van der Waals surface area contributed by atoms with Crippen LogP contribution in [0, 0.1) is 18.6 Å². The third-order valence-electron chi connectivity index (χ3n) is 2.82. The van der Waals surface area contributed by atoms with E-state index in [1.54, 1.807) is 12.4 Å². The Labute approximate surface area is 110 Å². The van der Waals surface area contributed by atoms with Crippen molar-refractivity contribution in [3.63, 3.8) is 0 Å². The van der Waals surface area contributed by atoms with Gasteiger partial charge in [0.1, 0.15) is 17.5 Å². The quantitative estimate of drug-likeness (QED) is 0.915. The maximum Gasteiger partial charge on any atom is 0.145 e. The van der Waals surface area contributed by atoms with Crippen LogP contribution in [-0.2, 0) is 0 Å². The zero-order valence-corrected chi connectivity index (χ0v) is 10.8. The van der Waals surface area contributed by atoms with E-state index in [0.717, 1.165) is 11.8 Å². The summed E-state index contributed by atoms with van der Waals surface area (Å²) in [6.07, 6.45) is 3.87. The van der Waals surface area contributed by atoms with Crippen LogP contribution in [-0.4, -0.2) is 9.97 Å². The fourth-order valence-electron chi connectivity index (χ4n) is 1.90. The Morgan fingerprint density at radius 2 is 2.05 bits per heavy atom.